The third-order valence-corrected chi connectivity index (χ3v) is 2.42. The third-order valence-electron chi connectivity index (χ3n) is 2.42. The molecule has 0 aliphatic carbocycles. The highest BCUT2D eigenvalue weighted by molar-refractivity contribution is 6.07. The average Bonchev–Trinajstić information content (AvgIpc) is 2.90. The summed E-state index contributed by atoms with van der Waals surface area (Å²) in [5.74, 6) is -1.50. The first-order valence-corrected chi connectivity index (χ1v) is 5.07. The molecule has 0 saturated carbocycles. The molecule has 0 atom stereocenters. The number of anilines is 1. The van der Waals surface area contributed by atoms with E-state index in [9.17, 15) is 9.59 Å². The van der Waals surface area contributed by atoms with Gasteiger partial charge in [-0.3, -0.25) is 9.89 Å². The van der Waals surface area contributed by atoms with Crippen molar-refractivity contribution in [3.8, 4) is 0 Å². The number of carboxylic acid groups (broad SMARTS) is 1. The molecule has 7 heteroatoms. The number of hydrogen-bond acceptors (Lipinski definition) is 4. The number of nitrogens with zero attached hydrogens (tertiary/aromatic N) is 3. The van der Waals surface area contributed by atoms with E-state index < -0.39 is 11.9 Å². The minimum Gasteiger partial charge on any atom is -0.478 e. The molecule has 0 aliphatic rings. The van der Waals surface area contributed by atoms with Gasteiger partial charge >= 0.3 is 5.97 Å². The highest BCUT2D eigenvalue weighted by Crippen LogP contribution is 2.20. The monoisotopic (exact) mass is 246 g/mol. The minimum atomic E-state index is -1.09. The van der Waals surface area contributed by atoms with Crippen LogP contribution < -0.4 is 4.90 Å². The van der Waals surface area contributed by atoms with Crippen LogP contribution in [0.2, 0.25) is 0 Å². The molecule has 2 rings (SSSR count). The van der Waals surface area contributed by atoms with Crippen molar-refractivity contribution in [1.29, 1.82) is 0 Å². The molecule has 2 N–H and O–H groups in total. The first kappa shape index (κ1) is 11.8. The topological polar surface area (TPSA) is 99.2 Å². The summed E-state index contributed by atoms with van der Waals surface area (Å²) in [6, 6.07) is 6.24. The molecule has 1 aromatic heterocycles. The summed E-state index contributed by atoms with van der Waals surface area (Å²) in [5.41, 5.74) is 0.347. The zero-order valence-electron chi connectivity index (χ0n) is 9.49. The molecule has 7 nitrogen and oxygen atoms in total. The van der Waals surface area contributed by atoms with Gasteiger partial charge in [0.2, 0.25) is 5.82 Å². The van der Waals surface area contributed by atoms with Crippen LogP contribution in [-0.2, 0) is 0 Å². The summed E-state index contributed by atoms with van der Waals surface area (Å²) in [6.45, 7) is 0. The Labute approximate surface area is 102 Å². The summed E-state index contributed by atoms with van der Waals surface area (Å²) in [4.78, 5) is 28.0. The van der Waals surface area contributed by atoms with E-state index in [-0.39, 0.29) is 11.4 Å². The van der Waals surface area contributed by atoms with Crippen LogP contribution in [0.5, 0.6) is 0 Å². The molecular weight excluding hydrogens is 236 g/mol. The van der Waals surface area contributed by atoms with E-state index in [1.807, 2.05) is 0 Å². The van der Waals surface area contributed by atoms with Gasteiger partial charge in [-0.2, -0.15) is 5.10 Å². The maximum atomic E-state index is 12.0. The van der Waals surface area contributed by atoms with E-state index >= 15 is 0 Å². The number of aromatic carboxylic acids is 1. The van der Waals surface area contributed by atoms with Crippen LogP contribution in [0.4, 0.5) is 5.69 Å². The second kappa shape index (κ2) is 4.66. The first-order chi connectivity index (χ1) is 8.61. The van der Waals surface area contributed by atoms with Crippen LogP contribution in [0.15, 0.2) is 30.6 Å². The summed E-state index contributed by atoms with van der Waals surface area (Å²) in [6.07, 6.45) is 1.21. The van der Waals surface area contributed by atoms with Gasteiger partial charge in [0, 0.05) is 7.05 Å². The van der Waals surface area contributed by atoms with Crippen molar-refractivity contribution in [2.75, 3.05) is 11.9 Å². The molecule has 18 heavy (non-hydrogen) atoms. The molecule has 0 unspecified atom stereocenters. The maximum Gasteiger partial charge on any atom is 0.337 e. The Morgan fingerprint density at radius 2 is 2.06 bits per heavy atom. The maximum absolute atomic E-state index is 12.0. The third kappa shape index (κ3) is 2.05. The zero-order chi connectivity index (χ0) is 13.1. The van der Waals surface area contributed by atoms with Crippen LogP contribution in [0, 0.1) is 0 Å². The van der Waals surface area contributed by atoms with Crippen molar-refractivity contribution in [2.45, 2.75) is 0 Å². The number of amides is 1. The number of nitrogens with one attached hydrogen (secondary N) is 1. The van der Waals surface area contributed by atoms with Crippen LogP contribution in [-0.4, -0.2) is 39.2 Å². The van der Waals surface area contributed by atoms with Gasteiger partial charge in [-0.05, 0) is 12.1 Å². The number of hydrogen-bond donors (Lipinski definition) is 2. The number of carbonyl (C=O) groups excluding carboxylic acids is 1. The van der Waals surface area contributed by atoms with E-state index in [1.165, 1.54) is 24.3 Å². The fourth-order valence-electron chi connectivity index (χ4n) is 1.52. The molecule has 2 aromatic rings. The molecule has 0 saturated heterocycles. The van der Waals surface area contributed by atoms with Crippen LogP contribution in [0.3, 0.4) is 0 Å². The van der Waals surface area contributed by atoms with E-state index in [0.717, 1.165) is 0 Å². The Bertz CT molecular complexity index is 580. The quantitative estimate of drug-likeness (QED) is 0.833. The van der Waals surface area contributed by atoms with Crippen LogP contribution in [0.25, 0.3) is 0 Å². The van der Waals surface area contributed by atoms with Crippen molar-refractivity contribution >= 4 is 17.6 Å². The fourth-order valence-corrected chi connectivity index (χ4v) is 1.52. The summed E-state index contributed by atoms with van der Waals surface area (Å²) < 4.78 is 0. The van der Waals surface area contributed by atoms with Crippen molar-refractivity contribution in [3.63, 3.8) is 0 Å². The lowest BCUT2D eigenvalue weighted by Gasteiger charge is -2.17. The minimum absolute atomic E-state index is 0.0489. The van der Waals surface area contributed by atoms with E-state index in [1.54, 1.807) is 18.2 Å². The number of aromatic nitrogens is 3. The second-order valence-electron chi connectivity index (χ2n) is 3.52. The van der Waals surface area contributed by atoms with Gasteiger partial charge in [0.25, 0.3) is 5.91 Å². The smallest absolute Gasteiger partial charge is 0.337 e. The Balaban J connectivity index is 2.37. The predicted molar refractivity (Wildman–Crippen MR) is 62.5 cm³/mol. The summed E-state index contributed by atoms with van der Waals surface area (Å²) >= 11 is 0. The van der Waals surface area contributed by atoms with Crippen molar-refractivity contribution in [2.24, 2.45) is 0 Å². The molecule has 0 radical (unpaired) electrons. The Morgan fingerprint density at radius 1 is 1.33 bits per heavy atom. The molecule has 0 bridgehead atoms. The van der Waals surface area contributed by atoms with Crippen LogP contribution in [0.1, 0.15) is 21.0 Å². The number of rotatable bonds is 3. The number of benzene rings is 1. The Morgan fingerprint density at radius 3 is 2.67 bits per heavy atom. The number of H-pyrrole nitrogens is 1. The molecule has 0 spiro atoms. The van der Waals surface area contributed by atoms with Gasteiger partial charge in [-0.25, -0.2) is 9.78 Å². The molecule has 0 fully saturated rings. The highest BCUT2D eigenvalue weighted by atomic mass is 16.4. The molecule has 0 aliphatic heterocycles. The zero-order valence-corrected chi connectivity index (χ0v) is 9.49. The number of carboxylic acids is 1. The lowest BCUT2D eigenvalue weighted by Crippen LogP contribution is -2.28. The van der Waals surface area contributed by atoms with Gasteiger partial charge in [0.1, 0.15) is 6.33 Å². The van der Waals surface area contributed by atoms with Crippen molar-refractivity contribution < 1.29 is 14.7 Å². The Hall–Kier alpha value is -2.70. The molecular formula is C11H10N4O3. The molecule has 92 valence electrons. The van der Waals surface area contributed by atoms with Gasteiger partial charge in [0.05, 0.1) is 11.3 Å². The lowest BCUT2D eigenvalue weighted by atomic mass is 10.1. The fraction of sp³-hybridized carbons (Fsp3) is 0.0909. The first-order valence-electron chi connectivity index (χ1n) is 5.07. The van der Waals surface area contributed by atoms with Gasteiger partial charge in [0.15, 0.2) is 0 Å². The standard InChI is InChI=1S/C11H10N4O3/c1-15(10(16)9-12-6-13-14-9)8-5-3-2-4-7(8)11(17)18/h2-6H,1H3,(H,17,18)(H,12,13,14). The summed E-state index contributed by atoms with van der Waals surface area (Å²) in [5, 5.41) is 15.1. The van der Waals surface area contributed by atoms with Crippen LogP contribution >= 0.6 is 0 Å². The Kier molecular flexibility index (Phi) is 3.05. The predicted octanol–water partition coefficient (Wildman–Crippen LogP) is 0.780. The largest absolute Gasteiger partial charge is 0.478 e. The number of aromatic amines is 1. The van der Waals surface area contributed by atoms with Gasteiger partial charge < -0.3 is 10.0 Å². The highest BCUT2D eigenvalue weighted by Gasteiger charge is 2.20. The van der Waals surface area contributed by atoms with Crippen molar-refractivity contribution in [3.05, 3.63) is 42.0 Å². The van der Waals surface area contributed by atoms with Gasteiger partial charge in [-0.1, -0.05) is 12.1 Å². The van der Waals surface area contributed by atoms with Gasteiger partial charge in [-0.15, -0.1) is 0 Å². The molecule has 1 aromatic carbocycles. The molecule has 1 heterocycles. The average molecular weight is 246 g/mol. The van der Waals surface area contributed by atoms with E-state index in [0.29, 0.717) is 5.69 Å². The molecule has 1 amide bonds. The summed E-state index contributed by atoms with van der Waals surface area (Å²) in [7, 11) is 1.48. The van der Waals surface area contributed by atoms with Crippen molar-refractivity contribution in [1.82, 2.24) is 15.2 Å². The number of para-hydroxylation sites is 1. The number of carbonyl (C=O) groups is 2. The van der Waals surface area contributed by atoms with E-state index in [2.05, 4.69) is 15.2 Å². The normalized spacial score (nSPS) is 10.1. The SMILES string of the molecule is CN(C(=O)c1ncn[nH]1)c1ccccc1C(=O)O. The van der Waals surface area contributed by atoms with E-state index in [4.69, 9.17) is 5.11 Å². The second-order valence-corrected chi connectivity index (χ2v) is 3.52. The lowest BCUT2D eigenvalue weighted by molar-refractivity contribution is 0.0697.